The van der Waals surface area contributed by atoms with Gasteiger partial charge in [0.05, 0.1) is 0 Å². The molecule has 0 atom stereocenters. The average Bonchev–Trinajstić information content (AvgIpc) is 2.94. The Labute approximate surface area is 244 Å². The van der Waals surface area contributed by atoms with Crippen molar-refractivity contribution in [2.75, 3.05) is 21.3 Å². The Morgan fingerprint density at radius 1 is 0.410 bits per heavy atom. The molecule has 0 aliphatic rings. The molecule has 6 heteroatoms. The predicted molar refractivity (Wildman–Crippen MR) is 168 cm³/mol. The molecule has 0 radical (unpaired) electrons. The lowest BCUT2D eigenvalue weighted by Gasteiger charge is -2.24. The van der Waals surface area contributed by atoms with E-state index in [1.54, 1.807) is 21.3 Å². The van der Waals surface area contributed by atoms with Gasteiger partial charge in [0, 0.05) is 33.8 Å². The normalized spacial score (nSPS) is 11.9. The molecule has 0 fully saturated rings. The van der Waals surface area contributed by atoms with Gasteiger partial charge in [-0.25, -0.2) is 0 Å². The van der Waals surface area contributed by atoms with Crippen molar-refractivity contribution >= 4 is 14.8 Å². The maximum atomic E-state index is 10.5. The molecule has 0 rings (SSSR count). The Morgan fingerprint density at radius 3 is 0.821 bits per heavy atom. The predicted octanol–water partition coefficient (Wildman–Crippen LogP) is 10.9. The standard InChI is InChI=1S/C33H68O5Si/c1-36-39(37-2,38-3)32-30-28-26-24-22-20-18-16-14-12-10-8-6-4-5-7-9-11-13-15-17-19-21-23-25-27-29-31-33(34)35/h4-32H2,1-3H3,(H,34,35). The number of hydrogen-bond donors (Lipinski definition) is 1. The lowest BCUT2D eigenvalue weighted by molar-refractivity contribution is -0.137. The molecule has 0 aromatic heterocycles. The Bertz CT molecular complexity index is 490. The van der Waals surface area contributed by atoms with Crippen LogP contribution in [0.4, 0.5) is 0 Å². The molecule has 234 valence electrons. The van der Waals surface area contributed by atoms with E-state index in [1.807, 2.05) is 0 Å². The second kappa shape index (κ2) is 30.5. The zero-order valence-electron chi connectivity index (χ0n) is 26.6. The summed E-state index contributed by atoms with van der Waals surface area (Å²) in [6.07, 6.45) is 36.8. The van der Waals surface area contributed by atoms with E-state index >= 15 is 0 Å². The summed E-state index contributed by atoms with van der Waals surface area (Å²) < 4.78 is 16.5. The first-order valence-electron chi connectivity index (χ1n) is 17.0. The van der Waals surface area contributed by atoms with Crippen LogP contribution in [0.15, 0.2) is 0 Å². The number of carboxylic acids is 1. The van der Waals surface area contributed by atoms with E-state index in [9.17, 15) is 4.79 Å². The van der Waals surface area contributed by atoms with Gasteiger partial charge in [0.15, 0.2) is 0 Å². The van der Waals surface area contributed by atoms with Crippen LogP contribution in [-0.2, 0) is 18.1 Å². The first-order valence-corrected chi connectivity index (χ1v) is 18.9. The second-order valence-corrected chi connectivity index (χ2v) is 14.8. The molecule has 0 amide bonds. The fraction of sp³-hybridized carbons (Fsp3) is 0.970. The summed E-state index contributed by atoms with van der Waals surface area (Å²) in [4.78, 5) is 10.5. The van der Waals surface area contributed by atoms with E-state index < -0.39 is 14.8 Å². The Hall–Kier alpha value is -0.433. The van der Waals surface area contributed by atoms with Crippen LogP contribution >= 0.6 is 0 Å². The number of unbranched alkanes of at least 4 members (excludes halogenated alkanes) is 26. The fourth-order valence-corrected chi connectivity index (χ4v) is 7.39. The molecule has 0 spiro atoms. The van der Waals surface area contributed by atoms with Crippen molar-refractivity contribution in [2.45, 2.75) is 186 Å². The van der Waals surface area contributed by atoms with E-state index in [4.69, 9.17) is 18.4 Å². The van der Waals surface area contributed by atoms with E-state index in [0.717, 1.165) is 25.3 Å². The van der Waals surface area contributed by atoms with E-state index in [0.29, 0.717) is 6.42 Å². The monoisotopic (exact) mass is 572 g/mol. The van der Waals surface area contributed by atoms with Crippen LogP contribution in [0.5, 0.6) is 0 Å². The molecule has 1 N–H and O–H groups in total. The highest BCUT2D eigenvalue weighted by molar-refractivity contribution is 6.60. The first-order chi connectivity index (χ1) is 19.1. The lowest BCUT2D eigenvalue weighted by Crippen LogP contribution is -2.42. The van der Waals surface area contributed by atoms with Gasteiger partial charge in [-0.1, -0.05) is 161 Å². The van der Waals surface area contributed by atoms with Crippen molar-refractivity contribution in [3.63, 3.8) is 0 Å². The zero-order chi connectivity index (χ0) is 28.7. The van der Waals surface area contributed by atoms with Crippen molar-refractivity contribution in [3.05, 3.63) is 0 Å². The van der Waals surface area contributed by atoms with Crippen LogP contribution in [-0.4, -0.2) is 41.2 Å². The van der Waals surface area contributed by atoms with Crippen LogP contribution in [0.1, 0.15) is 180 Å². The molecule has 0 aromatic rings. The van der Waals surface area contributed by atoms with Crippen LogP contribution in [0, 0.1) is 0 Å². The minimum Gasteiger partial charge on any atom is -0.481 e. The number of rotatable bonds is 33. The molecule has 0 aliphatic heterocycles. The molecule has 5 nitrogen and oxygen atoms in total. The van der Waals surface area contributed by atoms with Gasteiger partial charge in [-0.3, -0.25) is 4.79 Å². The van der Waals surface area contributed by atoms with Gasteiger partial charge in [0.2, 0.25) is 0 Å². The number of hydrogen-bond acceptors (Lipinski definition) is 4. The molecule has 0 aliphatic carbocycles. The van der Waals surface area contributed by atoms with Gasteiger partial charge in [-0.15, -0.1) is 0 Å². The summed E-state index contributed by atoms with van der Waals surface area (Å²) in [5.74, 6) is -0.653. The zero-order valence-corrected chi connectivity index (χ0v) is 27.6. The van der Waals surface area contributed by atoms with Gasteiger partial charge in [-0.05, 0) is 12.8 Å². The third-order valence-corrected chi connectivity index (χ3v) is 11.1. The smallest absolute Gasteiger partial charge is 0.481 e. The molecular formula is C33H68O5Si. The van der Waals surface area contributed by atoms with E-state index in [2.05, 4.69) is 0 Å². The van der Waals surface area contributed by atoms with Gasteiger partial charge >= 0.3 is 14.8 Å². The molecule has 0 unspecified atom stereocenters. The van der Waals surface area contributed by atoms with Crippen molar-refractivity contribution in [2.24, 2.45) is 0 Å². The highest BCUT2D eigenvalue weighted by Crippen LogP contribution is 2.19. The molecule has 0 aromatic carbocycles. The molecular weight excluding hydrogens is 504 g/mol. The van der Waals surface area contributed by atoms with E-state index in [-0.39, 0.29) is 0 Å². The topological polar surface area (TPSA) is 65.0 Å². The van der Waals surface area contributed by atoms with Crippen LogP contribution < -0.4 is 0 Å². The number of aliphatic carboxylic acids is 1. The van der Waals surface area contributed by atoms with Gasteiger partial charge in [-0.2, -0.15) is 0 Å². The van der Waals surface area contributed by atoms with Crippen LogP contribution in [0.2, 0.25) is 6.04 Å². The Kier molecular flexibility index (Phi) is 30.2. The van der Waals surface area contributed by atoms with Gasteiger partial charge in [0.1, 0.15) is 0 Å². The maximum Gasteiger partial charge on any atom is 0.500 e. The maximum absolute atomic E-state index is 10.5. The summed E-state index contributed by atoms with van der Waals surface area (Å²) in [6, 6.07) is 0.930. The second-order valence-electron chi connectivity index (χ2n) is 11.7. The average molecular weight is 573 g/mol. The summed E-state index contributed by atoms with van der Waals surface area (Å²) in [7, 11) is 2.75. The van der Waals surface area contributed by atoms with Crippen LogP contribution in [0.25, 0.3) is 0 Å². The summed E-state index contributed by atoms with van der Waals surface area (Å²) in [5, 5.41) is 8.63. The quantitative estimate of drug-likeness (QED) is 0.0626. The first kappa shape index (κ1) is 38.6. The van der Waals surface area contributed by atoms with Crippen molar-refractivity contribution in [1.82, 2.24) is 0 Å². The van der Waals surface area contributed by atoms with Crippen LogP contribution in [0.3, 0.4) is 0 Å². The SMILES string of the molecule is CO[Si](CCCCCCCCCCCCCCCCCCCCCCCCCCCCCC(=O)O)(OC)OC. The molecule has 39 heavy (non-hydrogen) atoms. The molecule has 0 heterocycles. The Morgan fingerprint density at radius 2 is 0.615 bits per heavy atom. The molecule has 0 bridgehead atoms. The highest BCUT2D eigenvalue weighted by Gasteiger charge is 2.36. The molecule has 0 saturated carbocycles. The van der Waals surface area contributed by atoms with Gasteiger partial charge < -0.3 is 18.4 Å². The summed E-state index contributed by atoms with van der Waals surface area (Å²) in [5.41, 5.74) is 0. The number of carbonyl (C=O) groups is 1. The van der Waals surface area contributed by atoms with Crippen molar-refractivity contribution < 1.29 is 23.2 Å². The largest absolute Gasteiger partial charge is 0.500 e. The van der Waals surface area contributed by atoms with E-state index in [1.165, 1.54) is 154 Å². The lowest BCUT2D eigenvalue weighted by atomic mass is 10.0. The highest BCUT2D eigenvalue weighted by atomic mass is 28.4. The van der Waals surface area contributed by atoms with Gasteiger partial charge in [0.25, 0.3) is 0 Å². The minimum absolute atomic E-state index is 0.340. The minimum atomic E-state index is -2.35. The fourth-order valence-electron chi connectivity index (χ4n) is 5.59. The summed E-state index contributed by atoms with van der Waals surface area (Å²) >= 11 is 0. The summed E-state index contributed by atoms with van der Waals surface area (Å²) in [6.45, 7) is 0. The molecule has 0 saturated heterocycles. The van der Waals surface area contributed by atoms with Crippen molar-refractivity contribution in [3.8, 4) is 0 Å². The number of carboxylic acid groups (broad SMARTS) is 1. The third kappa shape index (κ3) is 27.5. The van der Waals surface area contributed by atoms with Crippen molar-refractivity contribution in [1.29, 1.82) is 0 Å². The Balaban J connectivity index is 3.14. The third-order valence-electron chi connectivity index (χ3n) is 8.31.